The van der Waals surface area contributed by atoms with Gasteiger partial charge in [0.05, 0.1) is 25.5 Å². The molecule has 0 aliphatic heterocycles. The van der Waals surface area contributed by atoms with Gasteiger partial charge in [-0.15, -0.1) is 0 Å². The van der Waals surface area contributed by atoms with E-state index < -0.39 is 0 Å². The summed E-state index contributed by atoms with van der Waals surface area (Å²) in [6.45, 7) is 1.94. The molecule has 1 heterocycles. The van der Waals surface area contributed by atoms with Crippen LogP contribution in [0.5, 0.6) is 0 Å². The minimum atomic E-state index is 0. The van der Waals surface area contributed by atoms with Gasteiger partial charge < -0.3 is 20.2 Å². The van der Waals surface area contributed by atoms with E-state index in [2.05, 4.69) is 53.1 Å². The Morgan fingerprint density at radius 1 is 0.824 bits per heavy atom. The van der Waals surface area contributed by atoms with Gasteiger partial charge in [-0.1, -0.05) is 74.9 Å². The van der Waals surface area contributed by atoms with Crippen LogP contribution in [0.1, 0.15) is 87.3 Å². The average molecular weight is 463 g/mol. The molecule has 2 aliphatic rings. The third-order valence-corrected chi connectivity index (χ3v) is 7.81. The fraction of sp³-hybridized carbons (Fsp3) is 0.533. The zero-order valence-electron chi connectivity index (χ0n) is 20.9. The second kappa shape index (κ2) is 12.0. The van der Waals surface area contributed by atoms with Gasteiger partial charge in [0.2, 0.25) is 0 Å². The van der Waals surface area contributed by atoms with E-state index in [0.29, 0.717) is 31.8 Å². The molecule has 2 aliphatic carbocycles. The van der Waals surface area contributed by atoms with E-state index in [9.17, 15) is 0 Å². The molecule has 4 heteroatoms. The van der Waals surface area contributed by atoms with Crippen LogP contribution in [0.3, 0.4) is 0 Å². The molecular weight excluding hydrogens is 420 g/mol. The van der Waals surface area contributed by atoms with Crippen LogP contribution in [-0.2, 0) is 16.1 Å². The monoisotopic (exact) mass is 462 g/mol. The van der Waals surface area contributed by atoms with Crippen LogP contribution >= 0.6 is 0 Å². The molecule has 4 nitrogen and oxygen atoms in total. The molecule has 0 radical (unpaired) electrons. The lowest BCUT2D eigenvalue weighted by atomic mass is 9.81. The summed E-state index contributed by atoms with van der Waals surface area (Å²) in [4.78, 5) is 0. The number of aromatic nitrogens is 1. The highest BCUT2D eigenvalue weighted by Gasteiger charge is 2.29. The van der Waals surface area contributed by atoms with Gasteiger partial charge in [0, 0.05) is 24.1 Å². The molecule has 3 aromatic rings. The van der Waals surface area contributed by atoms with Gasteiger partial charge in [0.25, 0.3) is 0 Å². The summed E-state index contributed by atoms with van der Waals surface area (Å²) in [5.74, 6) is 0.658. The normalized spacial score (nSPS) is 17.7. The van der Waals surface area contributed by atoms with Gasteiger partial charge in [0.1, 0.15) is 0 Å². The Kier molecular flexibility index (Phi) is 8.82. The fourth-order valence-electron chi connectivity index (χ4n) is 6.22. The van der Waals surface area contributed by atoms with E-state index in [1.54, 1.807) is 12.7 Å². The molecule has 3 N–H and O–H groups in total. The second-order valence-electron chi connectivity index (χ2n) is 10.0. The summed E-state index contributed by atoms with van der Waals surface area (Å²) in [7, 11) is 1.73. The summed E-state index contributed by atoms with van der Waals surface area (Å²) in [5.41, 5.74) is 7.21. The minimum absolute atomic E-state index is 0. The third kappa shape index (κ3) is 5.25. The van der Waals surface area contributed by atoms with Crippen molar-refractivity contribution < 1.29 is 9.47 Å². The molecule has 0 bridgehead atoms. The number of nitrogens with zero attached hydrogens (tertiary/aromatic N) is 1. The van der Waals surface area contributed by atoms with Crippen molar-refractivity contribution in [1.82, 2.24) is 10.7 Å². The van der Waals surface area contributed by atoms with Gasteiger partial charge in [-0.3, -0.25) is 0 Å². The smallest absolute Gasteiger partial charge is 0.0718 e. The Hall–Kier alpha value is -2.14. The third-order valence-electron chi connectivity index (χ3n) is 7.81. The Morgan fingerprint density at radius 3 is 2.24 bits per heavy atom. The van der Waals surface area contributed by atoms with Gasteiger partial charge in [-0.05, 0) is 60.4 Å². The highest BCUT2D eigenvalue weighted by Crippen LogP contribution is 2.47. The average Bonchev–Trinajstić information content (AvgIpc) is 3.23. The van der Waals surface area contributed by atoms with Crippen molar-refractivity contribution in [1.29, 1.82) is 0 Å². The van der Waals surface area contributed by atoms with Crippen molar-refractivity contribution in [2.45, 2.75) is 82.8 Å². The van der Waals surface area contributed by atoms with Crippen LogP contribution in [0, 0.1) is 0 Å². The van der Waals surface area contributed by atoms with E-state index in [1.165, 1.54) is 91.9 Å². The van der Waals surface area contributed by atoms with Crippen LogP contribution in [0.4, 0.5) is 0 Å². The highest BCUT2D eigenvalue weighted by atomic mass is 16.5. The molecule has 2 aromatic carbocycles. The Bertz CT molecular complexity index is 1030. The first kappa shape index (κ1) is 25.0. The number of rotatable bonds is 8. The predicted molar refractivity (Wildman–Crippen MR) is 142 cm³/mol. The number of methoxy groups -OCH3 is 1. The molecule has 0 saturated heterocycles. The Balaban J connectivity index is 0.00000274. The zero-order valence-corrected chi connectivity index (χ0v) is 20.9. The van der Waals surface area contributed by atoms with E-state index in [0.717, 1.165) is 0 Å². The molecular formula is C30H42N2O2. The summed E-state index contributed by atoms with van der Waals surface area (Å²) in [5, 5.41) is 1.47. The quantitative estimate of drug-likeness (QED) is 0.343. The van der Waals surface area contributed by atoms with Crippen molar-refractivity contribution in [2.75, 3.05) is 20.3 Å². The van der Waals surface area contributed by atoms with E-state index >= 15 is 0 Å². The molecule has 1 aromatic heterocycles. The van der Waals surface area contributed by atoms with Gasteiger partial charge in [0.15, 0.2) is 0 Å². The molecule has 0 unspecified atom stereocenters. The number of benzene rings is 2. The number of hydrogen-bond acceptors (Lipinski definition) is 3. The van der Waals surface area contributed by atoms with E-state index in [-0.39, 0.29) is 6.15 Å². The van der Waals surface area contributed by atoms with Crippen LogP contribution in [-0.4, -0.2) is 24.9 Å². The molecule has 5 rings (SSSR count). The zero-order chi connectivity index (χ0) is 22.5. The van der Waals surface area contributed by atoms with Crippen molar-refractivity contribution in [3.05, 3.63) is 59.7 Å². The van der Waals surface area contributed by atoms with Gasteiger partial charge >= 0.3 is 0 Å². The summed E-state index contributed by atoms with van der Waals surface area (Å²) in [6.07, 6.45) is 13.4. The SMILES string of the molecule is COCCOCc1ccc2c(c1)c(C1CCCCC1)c(-c1ccccc1)n2C1CCCCC1.N. The van der Waals surface area contributed by atoms with Crippen LogP contribution in [0.25, 0.3) is 22.2 Å². The van der Waals surface area contributed by atoms with Gasteiger partial charge in [-0.25, -0.2) is 0 Å². The maximum absolute atomic E-state index is 5.90. The highest BCUT2D eigenvalue weighted by molar-refractivity contribution is 5.93. The van der Waals surface area contributed by atoms with Crippen LogP contribution < -0.4 is 6.15 Å². The van der Waals surface area contributed by atoms with Crippen molar-refractivity contribution in [3.63, 3.8) is 0 Å². The summed E-state index contributed by atoms with van der Waals surface area (Å²) < 4.78 is 13.8. The minimum Gasteiger partial charge on any atom is -0.382 e. The topological polar surface area (TPSA) is 58.4 Å². The Labute approximate surface area is 205 Å². The standard InChI is InChI=1S/C30H39NO2.H3N/c1-32-19-20-33-22-23-17-18-28-27(21-23)29(24-11-5-2-6-12-24)30(25-13-7-3-8-14-25)31(28)26-15-9-4-10-16-26;/h3,7-8,13-14,17-18,21,24,26H,2,4-6,9-12,15-16,19-20,22H2,1H3;1H3. The maximum Gasteiger partial charge on any atom is 0.0718 e. The van der Waals surface area contributed by atoms with Gasteiger partial charge in [-0.2, -0.15) is 0 Å². The largest absolute Gasteiger partial charge is 0.382 e. The number of ether oxygens (including phenoxy) is 2. The lowest BCUT2D eigenvalue weighted by Crippen LogP contribution is -2.14. The summed E-state index contributed by atoms with van der Waals surface area (Å²) in [6, 6.07) is 18.9. The molecule has 0 spiro atoms. The number of hydrogen-bond donors (Lipinski definition) is 1. The fourth-order valence-corrected chi connectivity index (χ4v) is 6.22. The van der Waals surface area contributed by atoms with E-state index in [1.807, 2.05) is 0 Å². The molecule has 2 fully saturated rings. The first-order chi connectivity index (χ1) is 16.4. The first-order valence-electron chi connectivity index (χ1n) is 13.2. The Morgan fingerprint density at radius 2 is 1.53 bits per heavy atom. The number of fused-ring (bicyclic) bond motifs is 1. The molecule has 0 atom stereocenters. The maximum atomic E-state index is 5.90. The first-order valence-corrected chi connectivity index (χ1v) is 13.2. The lowest BCUT2D eigenvalue weighted by Gasteiger charge is -2.28. The second-order valence-corrected chi connectivity index (χ2v) is 10.0. The summed E-state index contributed by atoms with van der Waals surface area (Å²) >= 11 is 0. The van der Waals surface area contributed by atoms with Crippen molar-refractivity contribution in [3.8, 4) is 11.3 Å². The molecule has 184 valence electrons. The molecule has 2 saturated carbocycles. The predicted octanol–water partition coefficient (Wildman–Crippen LogP) is 8.19. The molecule has 34 heavy (non-hydrogen) atoms. The van der Waals surface area contributed by atoms with Crippen molar-refractivity contribution >= 4 is 10.9 Å². The molecule has 0 amide bonds. The lowest BCUT2D eigenvalue weighted by molar-refractivity contribution is 0.0617. The van der Waals surface area contributed by atoms with Crippen molar-refractivity contribution in [2.24, 2.45) is 0 Å². The van der Waals surface area contributed by atoms with Crippen LogP contribution in [0.2, 0.25) is 0 Å². The van der Waals surface area contributed by atoms with Crippen LogP contribution in [0.15, 0.2) is 48.5 Å². The van der Waals surface area contributed by atoms with E-state index in [4.69, 9.17) is 9.47 Å².